The molecule has 2 heterocycles. The summed E-state index contributed by atoms with van der Waals surface area (Å²) in [5, 5.41) is 10.1. The van der Waals surface area contributed by atoms with E-state index >= 15 is 0 Å². The van der Waals surface area contributed by atoms with Crippen LogP contribution in [-0.2, 0) is 15.3 Å². The van der Waals surface area contributed by atoms with Crippen molar-refractivity contribution >= 4 is 0 Å². The second-order valence-electron chi connectivity index (χ2n) is 4.46. The highest BCUT2D eigenvalue weighted by Gasteiger charge is 2.49. The lowest BCUT2D eigenvalue weighted by Gasteiger charge is -2.22. The molecule has 0 amide bonds. The zero-order valence-corrected chi connectivity index (χ0v) is 9.14. The van der Waals surface area contributed by atoms with Gasteiger partial charge in [0, 0.05) is 12.0 Å². The van der Waals surface area contributed by atoms with Gasteiger partial charge in [0.05, 0.1) is 19.3 Å². The lowest BCUT2D eigenvalue weighted by Crippen LogP contribution is -2.23. The van der Waals surface area contributed by atoms with Gasteiger partial charge in [-0.3, -0.25) is 0 Å². The van der Waals surface area contributed by atoms with Crippen LogP contribution in [0.2, 0.25) is 0 Å². The molecule has 1 saturated heterocycles. The van der Waals surface area contributed by atoms with Crippen molar-refractivity contribution in [2.45, 2.75) is 18.3 Å². The molecule has 0 radical (unpaired) electrons. The predicted molar refractivity (Wildman–Crippen MR) is 55.7 cm³/mol. The molecule has 1 spiro atoms. The number of aliphatic hydroxyl groups excluding tert-OH is 1. The molecule has 0 aromatic heterocycles. The Labute approximate surface area is 97.9 Å². The molecule has 1 atom stereocenters. The summed E-state index contributed by atoms with van der Waals surface area (Å²) < 4.78 is 22.0. The topological polar surface area (TPSA) is 57.2 Å². The largest absolute Gasteiger partial charge is 0.454 e. The zero-order chi connectivity index (χ0) is 11.5. The van der Waals surface area contributed by atoms with Gasteiger partial charge in [-0.15, -0.1) is 0 Å². The Kier molecular flexibility index (Phi) is 1.79. The molecule has 17 heavy (non-hydrogen) atoms. The first-order valence-corrected chi connectivity index (χ1v) is 5.68. The molecule has 3 aliphatic rings. The average molecular weight is 236 g/mol. The van der Waals surface area contributed by atoms with Crippen LogP contribution in [0.15, 0.2) is 12.1 Å². The standard InChI is InChI=1S/C12H12O5/c13-9-5-12(16-1-2-17-12)8-4-11-10(3-7(8)9)14-6-15-11/h3-4,9,13H,1-2,5-6H2. The molecule has 0 bridgehead atoms. The number of fused-ring (bicyclic) bond motifs is 3. The first-order chi connectivity index (χ1) is 8.28. The minimum absolute atomic E-state index is 0.225. The smallest absolute Gasteiger partial charge is 0.231 e. The van der Waals surface area contributed by atoms with Gasteiger partial charge in [0.2, 0.25) is 6.79 Å². The van der Waals surface area contributed by atoms with Gasteiger partial charge in [-0.25, -0.2) is 0 Å². The van der Waals surface area contributed by atoms with Crippen LogP contribution in [0.3, 0.4) is 0 Å². The van der Waals surface area contributed by atoms with Crippen molar-refractivity contribution in [3.8, 4) is 11.5 Å². The second kappa shape index (κ2) is 3.13. The maximum Gasteiger partial charge on any atom is 0.231 e. The molecule has 2 aliphatic heterocycles. The van der Waals surface area contributed by atoms with Crippen molar-refractivity contribution in [1.82, 2.24) is 0 Å². The van der Waals surface area contributed by atoms with Gasteiger partial charge >= 0.3 is 0 Å². The van der Waals surface area contributed by atoms with Crippen LogP contribution < -0.4 is 9.47 Å². The molecule has 0 saturated carbocycles. The van der Waals surface area contributed by atoms with E-state index in [0.29, 0.717) is 31.1 Å². The van der Waals surface area contributed by atoms with Gasteiger partial charge in [-0.1, -0.05) is 0 Å². The fraction of sp³-hybridized carbons (Fsp3) is 0.500. The summed E-state index contributed by atoms with van der Waals surface area (Å²) in [4.78, 5) is 0. The molecule has 1 aliphatic carbocycles. The first-order valence-electron chi connectivity index (χ1n) is 5.68. The van der Waals surface area contributed by atoms with E-state index in [1.54, 1.807) is 0 Å². The van der Waals surface area contributed by atoms with E-state index in [2.05, 4.69) is 0 Å². The molecule has 4 rings (SSSR count). The number of hydrogen-bond acceptors (Lipinski definition) is 5. The van der Waals surface area contributed by atoms with Crippen molar-refractivity contribution in [2.75, 3.05) is 20.0 Å². The van der Waals surface area contributed by atoms with E-state index in [9.17, 15) is 5.11 Å². The SMILES string of the molecule is OC1CC2(OCCO2)c2cc3c(cc21)OCO3. The van der Waals surface area contributed by atoms with Gasteiger partial charge < -0.3 is 24.1 Å². The minimum Gasteiger partial charge on any atom is -0.454 e. The third-order valence-corrected chi connectivity index (χ3v) is 3.53. The van der Waals surface area contributed by atoms with E-state index in [1.807, 2.05) is 12.1 Å². The maximum absolute atomic E-state index is 10.1. The maximum atomic E-state index is 10.1. The first kappa shape index (κ1) is 9.70. The summed E-state index contributed by atoms with van der Waals surface area (Å²) in [5.74, 6) is 0.588. The number of aliphatic hydroxyl groups is 1. The van der Waals surface area contributed by atoms with Gasteiger partial charge in [0.15, 0.2) is 17.3 Å². The minimum atomic E-state index is -0.782. The lowest BCUT2D eigenvalue weighted by atomic mass is 10.1. The number of ether oxygens (including phenoxy) is 4. The van der Waals surface area contributed by atoms with Crippen molar-refractivity contribution in [3.63, 3.8) is 0 Å². The zero-order valence-electron chi connectivity index (χ0n) is 9.14. The van der Waals surface area contributed by atoms with E-state index in [-0.39, 0.29) is 6.79 Å². The fourth-order valence-corrected chi connectivity index (χ4v) is 2.77. The molecule has 90 valence electrons. The third-order valence-electron chi connectivity index (χ3n) is 3.53. The van der Waals surface area contributed by atoms with Crippen LogP contribution in [0.25, 0.3) is 0 Å². The highest BCUT2D eigenvalue weighted by molar-refractivity contribution is 5.53. The molecule has 1 N–H and O–H groups in total. The Morgan fingerprint density at radius 2 is 1.82 bits per heavy atom. The van der Waals surface area contributed by atoms with Crippen LogP contribution in [0.1, 0.15) is 23.7 Å². The summed E-state index contributed by atoms with van der Waals surface area (Å²) >= 11 is 0. The molecule has 5 nitrogen and oxygen atoms in total. The van der Waals surface area contributed by atoms with Crippen LogP contribution >= 0.6 is 0 Å². The Morgan fingerprint density at radius 3 is 2.59 bits per heavy atom. The van der Waals surface area contributed by atoms with E-state index in [1.165, 1.54) is 0 Å². The molecule has 5 heteroatoms. The van der Waals surface area contributed by atoms with Crippen LogP contribution in [0.4, 0.5) is 0 Å². The average Bonchev–Trinajstić information content (AvgIpc) is 2.99. The summed E-state index contributed by atoms with van der Waals surface area (Å²) in [6, 6.07) is 3.68. The van der Waals surface area contributed by atoms with Crippen molar-refractivity contribution in [2.24, 2.45) is 0 Å². The predicted octanol–water partition coefficient (Wildman–Crippen LogP) is 1.05. The highest BCUT2D eigenvalue weighted by atomic mass is 16.7. The fourth-order valence-electron chi connectivity index (χ4n) is 2.77. The molecule has 1 aromatic carbocycles. The summed E-state index contributed by atoms with van der Waals surface area (Å²) in [5.41, 5.74) is 1.68. The van der Waals surface area contributed by atoms with Gasteiger partial charge in [0.25, 0.3) is 0 Å². The van der Waals surface area contributed by atoms with Crippen LogP contribution in [0.5, 0.6) is 11.5 Å². The highest BCUT2D eigenvalue weighted by Crippen LogP contribution is 2.52. The van der Waals surface area contributed by atoms with E-state index in [4.69, 9.17) is 18.9 Å². The summed E-state index contributed by atoms with van der Waals surface area (Å²) in [7, 11) is 0. The van der Waals surface area contributed by atoms with E-state index in [0.717, 1.165) is 11.1 Å². The molecule has 1 fully saturated rings. The number of hydrogen-bond donors (Lipinski definition) is 1. The second-order valence-corrected chi connectivity index (χ2v) is 4.46. The Morgan fingerprint density at radius 1 is 1.12 bits per heavy atom. The van der Waals surface area contributed by atoms with E-state index < -0.39 is 11.9 Å². The van der Waals surface area contributed by atoms with Gasteiger partial charge in [-0.2, -0.15) is 0 Å². The molecular weight excluding hydrogens is 224 g/mol. The Balaban J connectivity index is 1.90. The number of rotatable bonds is 0. The molecular formula is C12H12O5. The Hall–Kier alpha value is -1.30. The normalized spacial score (nSPS) is 27.7. The van der Waals surface area contributed by atoms with Crippen molar-refractivity contribution in [1.29, 1.82) is 0 Å². The third kappa shape index (κ3) is 1.19. The summed E-state index contributed by atoms with van der Waals surface area (Å²) in [6.07, 6.45) is -0.136. The van der Waals surface area contributed by atoms with Crippen molar-refractivity contribution in [3.05, 3.63) is 23.3 Å². The van der Waals surface area contributed by atoms with Crippen LogP contribution in [-0.4, -0.2) is 25.1 Å². The van der Waals surface area contributed by atoms with Crippen LogP contribution in [0, 0.1) is 0 Å². The monoisotopic (exact) mass is 236 g/mol. The quantitative estimate of drug-likeness (QED) is 0.729. The van der Waals surface area contributed by atoms with Gasteiger partial charge in [0.1, 0.15) is 0 Å². The van der Waals surface area contributed by atoms with Gasteiger partial charge in [-0.05, 0) is 17.7 Å². The molecule has 1 aromatic rings. The summed E-state index contributed by atoms with van der Waals surface area (Å²) in [6.45, 7) is 1.34. The Bertz CT molecular complexity index is 478. The van der Waals surface area contributed by atoms with Crippen molar-refractivity contribution < 1.29 is 24.1 Å². The lowest BCUT2D eigenvalue weighted by molar-refractivity contribution is -0.174. The number of benzene rings is 1. The molecule has 1 unspecified atom stereocenters.